The molecule has 0 aromatic rings. The summed E-state index contributed by atoms with van der Waals surface area (Å²) in [5.41, 5.74) is 0.676. The van der Waals surface area contributed by atoms with E-state index in [9.17, 15) is 4.79 Å². The van der Waals surface area contributed by atoms with Crippen molar-refractivity contribution in [3.05, 3.63) is 11.3 Å². The highest BCUT2D eigenvalue weighted by molar-refractivity contribution is 8.15. The van der Waals surface area contributed by atoms with Crippen LogP contribution in [0.25, 0.3) is 0 Å². The molecule has 4 heteroatoms. The van der Waals surface area contributed by atoms with Gasteiger partial charge >= 0.3 is 0 Å². The fourth-order valence-corrected chi connectivity index (χ4v) is 2.50. The molecule has 0 aromatic carbocycles. The second kappa shape index (κ2) is 2.75. The molecule has 0 atom stereocenters. The van der Waals surface area contributed by atoms with Crippen LogP contribution in [0.4, 0.5) is 0 Å². The van der Waals surface area contributed by atoms with Crippen LogP contribution in [0.3, 0.4) is 0 Å². The van der Waals surface area contributed by atoms with E-state index in [0.717, 1.165) is 0 Å². The van der Waals surface area contributed by atoms with Crippen molar-refractivity contribution in [1.82, 2.24) is 0 Å². The molecule has 2 nitrogen and oxygen atoms in total. The number of hydrogen-bond donors (Lipinski definition) is 1. The zero-order valence-corrected chi connectivity index (χ0v) is 8.38. The third-order valence-electron chi connectivity index (χ3n) is 1.63. The highest BCUT2D eigenvalue weighted by atomic mass is 32.2. The quantitative estimate of drug-likeness (QED) is 0.507. The minimum absolute atomic E-state index is 0.0825. The number of hydrogen-bond acceptors (Lipinski definition) is 4. The van der Waals surface area contributed by atoms with E-state index >= 15 is 0 Å². The van der Waals surface area contributed by atoms with Crippen LogP contribution in [0.1, 0.15) is 20.8 Å². The summed E-state index contributed by atoms with van der Waals surface area (Å²) in [6, 6.07) is 0. The van der Waals surface area contributed by atoms with Crippen molar-refractivity contribution in [2.45, 2.75) is 25.5 Å². The molecule has 0 aromatic heterocycles. The fraction of sp³-hybridized carbons (Fsp3) is 0.571. The van der Waals surface area contributed by atoms with Crippen LogP contribution in [0, 0.1) is 0 Å². The van der Waals surface area contributed by atoms with Gasteiger partial charge in [0, 0.05) is 18.5 Å². The van der Waals surface area contributed by atoms with Gasteiger partial charge in [0.2, 0.25) is 5.12 Å². The summed E-state index contributed by atoms with van der Waals surface area (Å²) in [5.74, 6) is 0.677. The first-order chi connectivity index (χ1) is 4.99. The SMILES string of the molecule is CC1=C(OS)C(C)(C)SC1=O. The summed E-state index contributed by atoms with van der Waals surface area (Å²) in [7, 11) is 0. The van der Waals surface area contributed by atoms with Crippen molar-refractivity contribution in [2.24, 2.45) is 0 Å². The zero-order valence-electron chi connectivity index (χ0n) is 6.67. The molecular formula is C7H10O2S2. The van der Waals surface area contributed by atoms with Crippen molar-refractivity contribution in [2.75, 3.05) is 0 Å². The third kappa shape index (κ3) is 1.42. The highest BCUT2D eigenvalue weighted by Crippen LogP contribution is 2.43. The molecule has 0 amide bonds. The van der Waals surface area contributed by atoms with E-state index < -0.39 is 0 Å². The van der Waals surface area contributed by atoms with Crippen LogP contribution in [0.2, 0.25) is 0 Å². The van der Waals surface area contributed by atoms with Crippen LogP contribution in [0.5, 0.6) is 0 Å². The Labute approximate surface area is 76.0 Å². The lowest BCUT2D eigenvalue weighted by atomic mass is 10.1. The second-order valence-corrected chi connectivity index (χ2v) is 4.72. The summed E-state index contributed by atoms with van der Waals surface area (Å²) < 4.78 is 4.59. The largest absolute Gasteiger partial charge is 0.431 e. The Morgan fingerprint density at radius 2 is 2.09 bits per heavy atom. The zero-order chi connectivity index (χ0) is 8.65. The van der Waals surface area contributed by atoms with E-state index in [0.29, 0.717) is 11.3 Å². The van der Waals surface area contributed by atoms with E-state index in [4.69, 9.17) is 4.18 Å². The molecule has 0 bridgehead atoms. The fourth-order valence-electron chi connectivity index (χ4n) is 1.08. The normalized spacial score (nSPS) is 22.7. The predicted molar refractivity (Wildman–Crippen MR) is 49.4 cm³/mol. The van der Waals surface area contributed by atoms with Crippen LogP contribution in [-0.4, -0.2) is 9.86 Å². The first-order valence-corrected chi connectivity index (χ1v) is 4.43. The van der Waals surface area contributed by atoms with Crippen LogP contribution in [-0.2, 0) is 8.98 Å². The van der Waals surface area contributed by atoms with Gasteiger partial charge in [0.15, 0.2) is 0 Å². The molecule has 1 aliphatic rings. The molecule has 0 spiro atoms. The molecular weight excluding hydrogens is 180 g/mol. The topological polar surface area (TPSA) is 26.3 Å². The van der Waals surface area contributed by atoms with Crippen molar-refractivity contribution >= 4 is 29.8 Å². The Hall–Kier alpha value is -0.0900. The van der Waals surface area contributed by atoms with E-state index in [1.807, 2.05) is 13.8 Å². The van der Waals surface area contributed by atoms with Gasteiger partial charge in [-0.15, -0.1) is 0 Å². The summed E-state index contributed by atoms with van der Waals surface area (Å²) >= 11 is 4.98. The lowest BCUT2D eigenvalue weighted by Crippen LogP contribution is -2.14. The molecule has 1 heterocycles. The molecule has 1 aliphatic heterocycles. The Morgan fingerprint density at radius 3 is 2.27 bits per heavy atom. The maximum absolute atomic E-state index is 11.2. The summed E-state index contributed by atoms with van der Waals surface area (Å²) in [6.07, 6.45) is 0. The molecule has 0 fully saturated rings. The molecule has 1 rings (SSSR count). The summed E-state index contributed by atoms with van der Waals surface area (Å²) in [5, 5.41) is 0.0825. The monoisotopic (exact) mass is 190 g/mol. The summed E-state index contributed by atoms with van der Waals surface area (Å²) in [4.78, 5) is 11.2. The minimum Gasteiger partial charge on any atom is -0.431 e. The van der Waals surface area contributed by atoms with E-state index in [1.54, 1.807) is 6.92 Å². The number of carbonyl (C=O) groups excluding carboxylic acids is 1. The molecule has 0 saturated carbocycles. The van der Waals surface area contributed by atoms with Crippen molar-refractivity contribution in [3.8, 4) is 0 Å². The highest BCUT2D eigenvalue weighted by Gasteiger charge is 2.39. The number of rotatable bonds is 1. The average molecular weight is 190 g/mol. The molecule has 0 saturated heterocycles. The first kappa shape index (κ1) is 9.00. The van der Waals surface area contributed by atoms with Gasteiger partial charge < -0.3 is 4.18 Å². The van der Waals surface area contributed by atoms with Gasteiger partial charge in [0.05, 0.1) is 4.75 Å². The number of thiol groups is 1. The number of thioether (sulfide) groups is 1. The molecule has 0 aliphatic carbocycles. The molecule has 11 heavy (non-hydrogen) atoms. The lowest BCUT2D eigenvalue weighted by molar-refractivity contribution is -0.107. The Kier molecular flexibility index (Phi) is 2.25. The van der Waals surface area contributed by atoms with Gasteiger partial charge in [-0.25, -0.2) is 0 Å². The van der Waals surface area contributed by atoms with Gasteiger partial charge in [-0.3, -0.25) is 4.79 Å². The lowest BCUT2D eigenvalue weighted by Gasteiger charge is -2.17. The minimum atomic E-state index is -0.247. The Morgan fingerprint density at radius 1 is 1.55 bits per heavy atom. The standard InChI is InChI=1S/C7H10O2S2/c1-4-5(9-10)7(2,3)11-6(4)8/h10H,1-3H3. The second-order valence-electron chi connectivity index (χ2n) is 2.95. The molecule has 0 radical (unpaired) electrons. The van der Waals surface area contributed by atoms with Crippen molar-refractivity contribution in [1.29, 1.82) is 0 Å². The van der Waals surface area contributed by atoms with Gasteiger partial charge in [-0.2, -0.15) is 0 Å². The molecule has 0 unspecified atom stereocenters. The smallest absolute Gasteiger partial charge is 0.219 e. The predicted octanol–water partition coefficient (Wildman–Crippen LogP) is 2.17. The van der Waals surface area contributed by atoms with Gasteiger partial charge in [-0.05, 0) is 20.8 Å². The van der Waals surface area contributed by atoms with E-state index in [2.05, 4.69) is 12.9 Å². The van der Waals surface area contributed by atoms with E-state index in [-0.39, 0.29) is 9.86 Å². The number of carbonyl (C=O) groups is 1. The molecule has 0 N–H and O–H groups in total. The third-order valence-corrected chi connectivity index (χ3v) is 3.00. The van der Waals surface area contributed by atoms with Crippen molar-refractivity contribution < 1.29 is 8.98 Å². The van der Waals surface area contributed by atoms with E-state index in [1.165, 1.54) is 11.8 Å². The summed E-state index contributed by atoms with van der Waals surface area (Å²) in [6.45, 7) is 5.64. The Bertz CT molecular complexity index is 231. The molecule has 62 valence electrons. The van der Waals surface area contributed by atoms with Crippen molar-refractivity contribution in [3.63, 3.8) is 0 Å². The maximum atomic E-state index is 11.2. The Balaban J connectivity index is 3.06. The average Bonchev–Trinajstić information content (AvgIpc) is 2.03. The van der Waals surface area contributed by atoms with Gasteiger partial charge in [-0.1, -0.05) is 11.8 Å². The first-order valence-electron chi connectivity index (χ1n) is 3.25. The van der Waals surface area contributed by atoms with Crippen LogP contribution >= 0.6 is 24.7 Å². The van der Waals surface area contributed by atoms with Crippen LogP contribution in [0.15, 0.2) is 11.3 Å². The van der Waals surface area contributed by atoms with Crippen LogP contribution < -0.4 is 0 Å². The van der Waals surface area contributed by atoms with Gasteiger partial charge in [0.1, 0.15) is 5.76 Å². The maximum Gasteiger partial charge on any atom is 0.219 e. The van der Waals surface area contributed by atoms with Gasteiger partial charge in [0.25, 0.3) is 0 Å².